The van der Waals surface area contributed by atoms with Gasteiger partial charge in [0.25, 0.3) is 0 Å². The van der Waals surface area contributed by atoms with Crippen LogP contribution in [0, 0.1) is 0 Å². The Balaban J connectivity index is 1.83. The summed E-state index contributed by atoms with van der Waals surface area (Å²) in [7, 11) is 1.17. The maximum absolute atomic E-state index is 12.3. The van der Waals surface area contributed by atoms with Gasteiger partial charge < -0.3 is 9.64 Å². The van der Waals surface area contributed by atoms with Crippen molar-refractivity contribution in [3.05, 3.63) is 35.9 Å². The van der Waals surface area contributed by atoms with Crippen molar-refractivity contribution in [1.82, 2.24) is 9.80 Å². The number of halogens is 3. The molecule has 1 aromatic rings. The molecular formula is C16H21F3N2O2. The molecule has 23 heavy (non-hydrogen) atoms. The Morgan fingerprint density at radius 3 is 2.70 bits per heavy atom. The highest BCUT2D eigenvalue weighted by atomic mass is 19.4. The van der Waals surface area contributed by atoms with Crippen LogP contribution >= 0.6 is 0 Å². The molecule has 1 aliphatic heterocycles. The predicted octanol–water partition coefficient (Wildman–Crippen LogP) is 2.30. The van der Waals surface area contributed by atoms with E-state index in [9.17, 15) is 18.0 Å². The third-order valence-electron chi connectivity index (χ3n) is 3.72. The Labute approximate surface area is 133 Å². The number of nitrogens with zero attached hydrogens (tertiary/aromatic N) is 2. The number of benzene rings is 1. The summed E-state index contributed by atoms with van der Waals surface area (Å²) in [5.41, 5.74) is 1.16. The first-order valence-corrected chi connectivity index (χ1v) is 7.52. The van der Waals surface area contributed by atoms with Crippen LogP contribution in [-0.2, 0) is 16.1 Å². The lowest BCUT2D eigenvalue weighted by atomic mass is 10.1. The fourth-order valence-corrected chi connectivity index (χ4v) is 2.60. The molecule has 0 spiro atoms. The van der Waals surface area contributed by atoms with Crippen molar-refractivity contribution in [2.24, 2.45) is 0 Å². The van der Waals surface area contributed by atoms with Crippen molar-refractivity contribution >= 4 is 5.91 Å². The fraction of sp³-hybridized carbons (Fsp3) is 0.562. The first kappa shape index (κ1) is 17.7. The molecule has 1 unspecified atom stereocenters. The van der Waals surface area contributed by atoms with Gasteiger partial charge in [0.15, 0.2) is 0 Å². The van der Waals surface area contributed by atoms with Crippen molar-refractivity contribution < 1.29 is 22.7 Å². The highest BCUT2D eigenvalue weighted by molar-refractivity contribution is 5.76. The summed E-state index contributed by atoms with van der Waals surface area (Å²) in [4.78, 5) is 14.7. The molecule has 1 aromatic carbocycles. The van der Waals surface area contributed by atoms with Crippen LogP contribution in [0.2, 0.25) is 0 Å². The first-order chi connectivity index (χ1) is 10.8. The molecule has 1 amide bonds. The molecule has 1 saturated heterocycles. The molecule has 1 aliphatic rings. The summed E-state index contributed by atoms with van der Waals surface area (Å²) >= 11 is 0. The average molecular weight is 330 g/mol. The standard InChI is InChI=1S/C16H21F3N2O2/c1-20(12-16(17,18)19)15(22)9-14-11-21(7-8-23-14)10-13-5-3-2-4-6-13/h2-6,14H,7-12H2,1H3. The highest BCUT2D eigenvalue weighted by Gasteiger charge is 2.32. The third-order valence-corrected chi connectivity index (χ3v) is 3.72. The van der Waals surface area contributed by atoms with Gasteiger partial charge in [-0.05, 0) is 5.56 Å². The van der Waals surface area contributed by atoms with Gasteiger partial charge >= 0.3 is 6.18 Å². The van der Waals surface area contributed by atoms with E-state index in [1.54, 1.807) is 0 Å². The van der Waals surface area contributed by atoms with Crippen LogP contribution in [0.4, 0.5) is 13.2 Å². The minimum absolute atomic E-state index is 0.0299. The van der Waals surface area contributed by atoms with Crippen molar-refractivity contribution in [2.75, 3.05) is 33.3 Å². The van der Waals surface area contributed by atoms with Gasteiger partial charge in [-0.15, -0.1) is 0 Å². The Kier molecular flexibility index (Phi) is 6.01. The summed E-state index contributed by atoms with van der Waals surface area (Å²) < 4.78 is 42.5. The van der Waals surface area contributed by atoms with Crippen molar-refractivity contribution in [1.29, 1.82) is 0 Å². The zero-order chi connectivity index (χ0) is 16.9. The molecule has 0 aliphatic carbocycles. The summed E-state index contributed by atoms with van der Waals surface area (Å²) in [5.74, 6) is -0.547. The molecule has 0 saturated carbocycles. The van der Waals surface area contributed by atoms with Gasteiger partial charge in [-0.1, -0.05) is 30.3 Å². The predicted molar refractivity (Wildman–Crippen MR) is 79.8 cm³/mol. The number of morpholine rings is 1. The number of hydrogen-bond acceptors (Lipinski definition) is 3. The van der Waals surface area contributed by atoms with Gasteiger partial charge in [0.1, 0.15) is 6.54 Å². The normalized spacial score (nSPS) is 19.6. The second-order valence-electron chi connectivity index (χ2n) is 5.78. The zero-order valence-electron chi connectivity index (χ0n) is 13.1. The molecule has 1 atom stereocenters. The number of rotatable bonds is 5. The molecule has 128 valence electrons. The van der Waals surface area contributed by atoms with E-state index >= 15 is 0 Å². The first-order valence-electron chi connectivity index (χ1n) is 7.52. The fourth-order valence-electron chi connectivity index (χ4n) is 2.60. The van der Waals surface area contributed by atoms with Crippen LogP contribution < -0.4 is 0 Å². The van der Waals surface area contributed by atoms with Gasteiger partial charge in [0.05, 0.1) is 19.1 Å². The monoisotopic (exact) mass is 330 g/mol. The molecule has 1 heterocycles. The summed E-state index contributed by atoms with van der Waals surface area (Å²) in [6, 6.07) is 9.91. The number of carbonyl (C=O) groups is 1. The highest BCUT2D eigenvalue weighted by Crippen LogP contribution is 2.18. The topological polar surface area (TPSA) is 32.8 Å². The largest absolute Gasteiger partial charge is 0.406 e. The zero-order valence-corrected chi connectivity index (χ0v) is 13.1. The Morgan fingerprint density at radius 1 is 1.35 bits per heavy atom. The average Bonchev–Trinajstić information content (AvgIpc) is 2.47. The van der Waals surface area contributed by atoms with Crippen molar-refractivity contribution in [2.45, 2.75) is 25.2 Å². The molecule has 0 N–H and O–H groups in total. The van der Waals surface area contributed by atoms with E-state index < -0.39 is 18.6 Å². The van der Waals surface area contributed by atoms with Crippen LogP contribution in [0.3, 0.4) is 0 Å². The summed E-state index contributed by atoms with van der Waals surface area (Å²) in [6.07, 6.45) is -4.77. The van der Waals surface area contributed by atoms with Gasteiger partial charge in [0.2, 0.25) is 5.91 Å². The minimum atomic E-state index is -4.38. The Morgan fingerprint density at radius 2 is 2.04 bits per heavy atom. The molecule has 2 rings (SSSR count). The number of ether oxygens (including phenoxy) is 1. The minimum Gasteiger partial charge on any atom is -0.375 e. The molecular weight excluding hydrogens is 309 g/mol. The van der Waals surface area contributed by atoms with Crippen LogP contribution in [-0.4, -0.2) is 61.3 Å². The molecule has 0 radical (unpaired) electrons. The van der Waals surface area contributed by atoms with E-state index in [0.717, 1.165) is 18.7 Å². The van der Waals surface area contributed by atoms with Gasteiger partial charge in [0, 0.05) is 26.7 Å². The lowest BCUT2D eigenvalue weighted by molar-refractivity contribution is -0.160. The van der Waals surface area contributed by atoms with Crippen LogP contribution in [0.15, 0.2) is 30.3 Å². The third kappa shape index (κ3) is 6.19. The molecule has 0 bridgehead atoms. The number of carbonyl (C=O) groups excluding carboxylic acids is 1. The maximum Gasteiger partial charge on any atom is 0.406 e. The van der Waals surface area contributed by atoms with E-state index in [-0.39, 0.29) is 12.5 Å². The molecule has 4 nitrogen and oxygen atoms in total. The maximum atomic E-state index is 12.3. The lowest BCUT2D eigenvalue weighted by Crippen LogP contribution is -2.45. The Hall–Kier alpha value is -1.60. The molecule has 1 fully saturated rings. The van der Waals surface area contributed by atoms with Crippen molar-refractivity contribution in [3.8, 4) is 0 Å². The van der Waals surface area contributed by atoms with Gasteiger partial charge in [-0.3, -0.25) is 9.69 Å². The smallest absolute Gasteiger partial charge is 0.375 e. The van der Waals surface area contributed by atoms with Crippen LogP contribution in [0.1, 0.15) is 12.0 Å². The van der Waals surface area contributed by atoms with Crippen LogP contribution in [0.5, 0.6) is 0 Å². The number of hydrogen-bond donors (Lipinski definition) is 0. The van der Waals surface area contributed by atoms with E-state index in [1.165, 1.54) is 7.05 Å². The van der Waals surface area contributed by atoms with Gasteiger partial charge in [-0.25, -0.2) is 0 Å². The number of alkyl halides is 3. The van der Waals surface area contributed by atoms with E-state index in [0.29, 0.717) is 18.1 Å². The molecule has 7 heteroatoms. The van der Waals surface area contributed by atoms with Gasteiger partial charge in [-0.2, -0.15) is 13.2 Å². The van der Waals surface area contributed by atoms with Crippen molar-refractivity contribution in [3.63, 3.8) is 0 Å². The quantitative estimate of drug-likeness (QED) is 0.830. The SMILES string of the molecule is CN(CC(F)(F)F)C(=O)CC1CN(Cc2ccccc2)CCO1. The second kappa shape index (κ2) is 7.79. The summed E-state index contributed by atoms with van der Waals surface area (Å²) in [6.45, 7) is 1.28. The van der Waals surface area contributed by atoms with E-state index in [2.05, 4.69) is 4.90 Å². The lowest BCUT2D eigenvalue weighted by Gasteiger charge is -2.33. The van der Waals surface area contributed by atoms with Crippen LogP contribution in [0.25, 0.3) is 0 Å². The van der Waals surface area contributed by atoms with E-state index in [4.69, 9.17) is 4.74 Å². The summed E-state index contributed by atoms with van der Waals surface area (Å²) in [5, 5.41) is 0. The van der Waals surface area contributed by atoms with E-state index in [1.807, 2.05) is 30.3 Å². The second-order valence-corrected chi connectivity index (χ2v) is 5.78. The molecule has 0 aromatic heterocycles. The number of amides is 1. The Bertz CT molecular complexity index is 508.